The molecule has 2 N–H and O–H groups in total. The third-order valence-corrected chi connectivity index (χ3v) is 5.72. The van der Waals surface area contributed by atoms with Gasteiger partial charge in [0, 0.05) is 25.2 Å². The Bertz CT molecular complexity index is 678. The molecular formula is C17H25N3O3S. The second kappa shape index (κ2) is 7.21. The molecule has 0 saturated carbocycles. The van der Waals surface area contributed by atoms with Crippen LogP contribution in [-0.4, -0.2) is 51.2 Å². The van der Waals surface area contributed by atoms with Gasteiger partial charge in [-0.2, -0.15) is 0 Å². The van der Waals surface area contributed by atoms with Crippen molar-refractivity contribution in [1.29, 1.82) is 0 Å². The molecule has 2 fully saturated rings. The van der Waals surface area contributed by atoms with Crippen LogP contribution in [0.1, 0.15) is 30.9 Å². The molecule has 0 bridgehead atoms. The molecule has 6 nitrogen and oxygen atoms in total. The van der Waals surface area contributed by atoms with Crippen LogP contribution in [0.2, 0.25) is 0 Å². The number of carbonyl (C=O) groups is 1. The van der Waals surface area contributed by atoms with Crippen molar-refractivity contribution < 1.29 is 13.2 Å². The third-order valence-electron chi connectivity index (χ3n) is 4.99. The Morgan fingerprint density at radius 1 is 1.25 bits per heavy atom. The molecule has 0 spiro atoms. The molecule has 3 atom stereocenters. The summed E-state index contributed by atoms with van der Waals surface area (Å²) in [5, 5.41) is 2.89. The smallest absolute Gasteiger partial charge is 0.224 e. The van der Waals surface area contributed by atoms with E-state index in [4.69, 9.17) is 0 Å². The van der Waals surface area contributed by atoms with Gasteiger partial charge >= 0.3 is 0 Å². The van der Waals surface area contributed by atoms with Gasteiger partial charge in [0.15, 0.2) is 0 Å². The molecule has 0 aromatic heterocycles. The first-order chi connectivity index (χ1) is 11.5. The van der Waals surface area contributed by atoms with Crippen molar-refractivity contribution >= 4 is 15.9 Å². The fourth-order valence-electron chi connectivity index (χ4n) is 4.00. The number of sulfonamides is 1. The number of benzene rings is 1. The van der Waals surface area contributed by atoms with Crippen LogP contribution in [0, 0.1) is 5.92 Å². The summed E-state index contributed by atoms with van der Waals surface area (Å²) in [6, 6.07) is 11.0. The van der Waals surface area contributed by atoms with Crippen molar-refractivity contribution in [2.24, 2.45) is 5.92 Å². The molecule has 7 heteroatoms. The van der Waals surface area contributed by atoms with E-state index in [-0.39, 0.29) is 18.4 Å². The van der Waals surface area contributed by atoms with Gasteiger partial charge in [-0.25, -0.2) is 13.1 Å². The molecule has 2 aliphatic rings. The first kappa shape index (κ1) is 17.4. The summed E-state index contributed by atoms with van der Waals surface area (Å²) in [5.41, 5.74) is 1.28. The highest BCUT2D eigenvalue weighted by atomic mass is 32.2. The van der Waals surface area contributed by atoms with Crippen LogP contribution in [0.25, 0.3) is 0 Å². The number of nitrogens with one attached hydrogen (secondary N) is 2. The van der Waals surface area contributed by atoms with Gasteiger partial charge in [0.1, 0.15) is 0 Å². The Labute approximate surface area is 143 Å². The maximum atomic E-state index is 12.6. The minimum Gasteiger partial charge on any atom is -0.354 e. The Morgan fingerprint density at radius 2 is 2.00 bits per heavy atom. The molecule has 24 heavy (non-hydrogen) atoms. The van der Waals surface area contributed by atoms with Gasteiger partial charge < -0.3 is 5.32 Å². The molecule has 0 radical (unpaired) electrons. The molecule has 2 aliphatic heterocycles. The minimum absolute atomic E-state index is 0.0176. The van der Waals surface area contributed by atoms with Gasteiger partial charge in [-0.15, -0.1) is 0 Å². The fourth-order valence-corrected chi connectivity index (χ4v) is 4.48. The number of nitrogens with zero attached hydrogens (tertiary/aromatic N) is 1. The van der Waals surface area contributed by atoms with Crippen molar-refractivity contribution in [1.82, 2.24) is 14.9 Å². The molecule has 0 aliphatic carbocycles. The highest BCUT2D eigenvalue weighted by Gasteiger charge is 2.46. The Balaban J connectivity index is 1.60. The highest BCUT2D eigenvalue weighted by molar-refractivity contribution is 7.88. The minimum atomic E-state index is -3.21. The Hall–Kier alpha value is -1.44. The molecule has 0 unspecified atom stereocenters. The first-order valence-electron chi connectivity index (χ1n) is 8.49. The van der Waals surface area contributed by atoms with E-state index in [2.05, 4.69) is 27.1 Å². The molecule has 1 aromatic rings. The Morgan fingerprint density at radius 3 is 2.71 bits per heavy atom. The van der Waals surface area contributed by atoms with Crippen molar-refractivity contribution in [2.75, 3.05) is 25.9 Å². The molecule has 3 rings (SSSR count). The largest absolute Gasteiger partial charge is 0.354 e. The highest BCUT2D eigenvalue weighted by Crippen LogP contribution is 2.44. The van der Waals surface area contributed by atoms with E-state index in [0.29, 0.717) is 18.6 Å². The first-order valence-corrected chi connectivity index (χ1v) is 10.4. The molecular weight excluding hydrogens is 326 g/mol. The Kier molecular flexibility index (Phi) is 5.22. The van der Waals surface area contributed by atoms with E-state index in [1.807, 2.05) is 18.2 Å². The van der Waals surface area contributed by atoms with Gasteiger partial charge in [0.25, 0.3) is 0 Å². The van der Waals surface area contributed by atoms with Gasteiger partial charge in [0.2, 0.25) is 15.9 Å². The molecule has 1 aromatic carbocycles. The topological polar surface area (TPSA) is 78.5 Å². The predicted octanol–water partition coefficient (Wildman–Crippen LogP) is 0.877. The zero-order valence-electron chi connectivity index (χ0n) is 13.9. The number of fused-ring (bicyclic) bond motifs is 1. The average molecular weight is 351 g/mol. The number of hydrogen-bond acceptors (Lipinski definition) is 4. The van der Waals surface area contributed by atoms with Crippen LogP contribution < -0.4 is 10.0 Å². The summed E-state index contributed by atoms with van der Waals surface area (Å²) in [5.74, 6) is 0.0246. The summed E-state index contributed by atoms with van der Waals surface area (Å²) in [7, 11) is -3.21. The number of carbonyl (C=O) groups excluding carboxylic acids is 1. The van der Waals surface area contributed by atoms with Crippen LogP contribution in [0.3, 0.4) is 0 Å². The van der Waals surface area contributed by atoms with Crippen molar-refractivity contribution in [2.45, 2.75) is 31.3 Å². The van der Waals surface area contributed by atoms with Crippen molar-refractivity contribution in [3.8, 4) is 0 Å². The summed E-state index contributed by atoms with van der Waals surface area (Å²) in [6.45, 7) is 1.60. The molecule has 2 heterocycles. The third kappa shape index (κ3) is 3.96. The summed E-state index contributed by atoms with van der Waals surface area (Å²) < 4.78 is 24.5. The zero-order chi connectivity index (χ0) is 17.2. The molecule has 1 amide bonds. The quantitative estimate of drug-likeness (QED) is 0.746. The predicted molar refractivity (Wildman–Crippen MR) is 92.9 cm³/mol. The second-order valence-electron chi connectivity index (χ2n) is 6.67. The normalized spacial score (nSPS) is 27.1. The second-order valence-corrected chi connectivity index (χ2v) is 8.51. The van der Waals surface area contributed by atoms with Crippen LogP contribution in [0.15, 0.2) is 30.3 Å². The van der Waals surface area contributed by atoms with Crippen LogP contribution in [0.4, 0.5) is 0 Å². The zero-order valence-corrected chi connectivity index (χ0v) is 14.8. The van der Waals surface area contributed by atoms with E-state index >= 15 is 0 Å². The lowest BCUT2D eigenvalue weighted by molar-refractivity contribution is -0.125. The number of amides is 1. The summed E-state index contributed by atoms with van der Waals surface area (Å²) >= 11 is 0. The lowest BCUT2D eigenvalue weighted by Crippen LogP contribution is -2.40. The van der Waals surface area contributed by atoms with E-state index in [0.717, 1.165) is 32.1 Å². The van der Waals surface area contributed by atoms with Crippen LogP contribution in [-0.2, 0) is 14.8 Å². The van der Waals surface area contributed by atoms with Crippen LogP contribution >= 0.6 is 0 Å². The maximum Gasteiger partial charge on any atom is 0.224 e. The summed E-state index contributed by atoms with van der Waals surface area (Å²) in [6.07, 6.45) is 4.14. The number of rotatable bonds is 6. The van der Waals surface area contributed by atoms with E-state index in [1.54, 1.807) is 0 Å². The van der Waals surface area contributed by atoms with Crippen molar-refractivity contribution in [3.05, 3.63) is 35.9 Å². The van der Waals surface area contributed by atoms with E-state index < -0.39 is 10.0 Å². The van der Waals surface area contributed by atoms with Gasteiger partial charge in [-0.1, -0.05) is 30.3 Å². The maximum absolute atomic E-state index is 12.6. The SMILES string of the molecule is CS(=O)(=O)NCCNC(=O)[C@@H]1C[C@H](c2ccccc2)N2CCC[C@@H]12. The van der Waals surface area contributed by atoms with Gasteiger partial charge in [0.05, 0.1) is 12.2 Å². The lowest BCUT2D eigenvalue weighted by atomic mass is 9.93. The van der Waals surface area contributed by atoms with E-state index in [9.17, 15) is 13.2 Å². The van der Waals surface area contributed by atoms with Gasteiger partial charge in [-0.3, -0.25) is 9.69 Å². The van der Waals surface area contributed by atoms with Crippen LogP contribution in [0.5, 0.6) is 0 Å². The fraction of sp³-hybridized carbons (Fsp3) is 0.588. The van der Waals surface area contributed by atoms with E-state index in [1.165, 1.54) is 5.56 Å². The monoisotopic (exact) mass is 351 g/mol. The standard InChI is InChI=1S/C17H25N3O3S/c1-24(22,23)19-10-9-18-17(21)14-12-16(13-6-3-2-4-7-13)20-11-5-8-15(14)20/h2-4,6-7,14-16,19H,5,8-12H2,1H3,(H,18,21)/t14-,15+,16-/m1/s1. The lowest BCUT2D eigenvalue weighted by Gasteiger charge is -2.24. The molecule has 132 valence electrons. The van der Waals surface area contributed by atoms with Crippen molar-refractivity contribution in [3.63, 3.8) is 0 Å². The average Bonchev–Trinajstić information content (AvgIpc) is 3.13. The van der Waals surface area contributed by atoms with Gasteiger partial charge in [-0.05, 0) is 31.4 Å². The summed E-state index contributed by atoms with van der Waals surface area (Å²) in [4.78, 5) is 15.0. The molecule has 2 saturated heterocycles. The number of hydrogen-bond donors (Lipinski definition) is 2.